The van der Waals surface area contributed by atoms with E-state index < -0.39 is 0 Å². The normalized spacial score (nSPS) is 10.3. The third kappa shape index (κ3) is 3.38. The predicted molar refractivity (Wildman–Crippen MR) is 75.2 cm³/mol. The highest BCUT2D eigenvalue weighted by molar-refractivity contribution is 9.10. The minimum absolute atomic E-state index is 0.159. The van der Waals surface area contributed by atoms with Crippen LogP contribution in [0.1, 0.15) is 16.1 Å². The van der Waals surface area contributed by atoms with Crippen LogP contribution in [0.25, 0.3) is 0 Å². The fourth-order valence-corrected chi connectivity index (χ4v) is 2.04. The van der Waals surface area contributed by atoms with E-state index in [2.05, 4.69) is 15.9 Å². The second-order valence-corrected chi connectivity index (χ2v) is 4.90. The van der Waals surface area contributed by atoms with E-state index in [9.17, 15) is 4.79 Å². The SMILES string of the molecule is COc1cccc(CN(C)C(=O)c2ccc(Br)o2)c1. The molecule has 0 saturated carbocycles. The van der Waals surface area contributed by atoms with Crippen LogP contribution >= 0.6 is 15.9 Å². The standard InChI is InChI=1S/C14H14BrNO3/c1-16(14(17)12-6-7-13(15)19-12)9-10-4-3-5-11(8-10)18-2/h3-8H,9H2,1-2H3. The van der Waals surface area contributed by atoms with Crippen molar-refractivity contribution >= 4 is 21.8 Å². The Balaban J connectivity index is 2.07. The summed E-state index contributed by atoms with van der Waals surface area (Å²) in [5.74, 6) is 0.935. The number of nitrogens with zero attached hydrogens (tertiary/aromatic N) is 1. The summed E-state index contributed by atoms with van der Waals surface area (Å²) in [6.45, 7) is 0.494. The summed E-state index contributed by atoms with van der Waals surface area (Å²) in [5.41, 5.74) is 1.00. The molecule has 0 fully saturated rings. The predicted octanol–water partition coefficient (Wildman–Crippen LogP) is 3.32. The van der Waals surface area contributed by atoms with Gasteiger partial charge in [-0.15, -0.1) is 0 Å². The lowest BCUT2D eigenvalue weighted by atomic mass is 10.2. The molecule has 100 valence electrons. The molecule has 5 heteroatoms. The van der Waals surface area contributed by atoms with E-state index >= 15 is 0 Å². The molecule has 2 rings (SSSR count). The van der Waals surface area contributed by atoms with E-state index in [1.54, 1.807) is 31.2 Å². The number of benzene rings is 1. The molecule has 0 spiro atoms. The molecule has 0 atom stereocenters. The van der Waals surface area contributed by atoms with E-state index in [4.69, 9.17) is 9.15 Å². The number of methoxy groups -OCH3 is 1. The minimum atomic E-state index is -0.159. The molecule has 0 bridgehead atoms. The molecule has 0 aliphatic heterocycles. The maximum absolute atomic E-state index is 12.1. The van der Waals surface area contributed by atoms with Crippen molar-refractivity contribution in [3.63, 3.8) is 0 Å². The summed E-state index contributed by atoms with van der Waals surface area (Å²) >= 11 is 3.18. The van der Waals surface area contributed by atoms with Crippen LogP contribution < -0.4 is 4.74 Å². The molecular formula is C14H14BrNO3. The van der Waals surface area contributed by atoms with E-state index in [-0.39, 0.29) is 5.91 Å². The number of furan rings is 1. The van der Waals surface area contributed by atoms with Crippen LogP contribution in [0.4, 0.5) is 0 Å². The van der Waals surface area contributed by atoms with Gasteiger partial charge in [-0.1, -0.05) is 12.1 Å². The van der Waals surface area contributed by atoms with Gasteiger partial charge in [0.1, 0.15) is 5.75 Å². The summed E-state index contributed by atoms with van der Waals surface area (Å²) in [7, 11) is 3.35. The van der Waals surface area contributed by atoms with Gasteiger partial charge in [-0.2, -0.15) is 0 Å². The lowest BCUT2D eigenvalue weighted by Crippen LogP contribution is -2.25. The maximum atomic E-state index is 12.1. The van der Waals surface area contributed by atoms with Gasteiger partial charge in [-0.25, -0.2) is 0 Å². The lowest BCUT2D eigenvalue weighted by molar-refractivity contribution is 0.0752. The van der Waals surface area contributed by atoms with Crippen molar-refractivity contribution in [1.82, 2.24) is 4.90 Å². The Morgan fingerprint density at radius 2 is 2.16 bits per heavy atom. The number of amides is 1. The number of carbonyl (C=O) groups excluding carboxylic acids is 1. The van der Waals surface area contributed by atoms with Crippen molar-refractivity contribution in [1.29, 1.82) is 0 Å². The smallest absolute Gasteiger partial charge is 0.289 e. The van der Waals surface area contributed by atoms with Crippen molar-refractivity contribution < 1.29 is 13.9 Å². The first kappa shape index (κ1) is 13.7. The van der Waals surface area contributed by atoms with Crippen LogP contribution in [-0.2, 0) is 6.54 Å². The van der Waals surface area contributed by atoms with Crippen molar-refractivity contribution in [2.45, 2.75) is 6.54 Å². The fourth-order valence-electron chi connectivity index (χ4n) is 1.73. The van der Waals surface area contributed by atoms with Gasteiger partial charge in [-0.3, -0.25) is 4.79 Å². The second kappa shape index (κ2) is 5.93. The molecule has 19 heavy (non-hydrogen) atoms. The minimum Gasteiger partial charge on any atom is -0.497 e. The average Bonchev–Trinajstić information content (AvgIpc) is 2.84. The van der Waals surface area contributed by atoms with Gasteiger partial charge in [0.25, 0.3) is 5.91 Å². The first-order valence-corrected chi connectivity index (χ1v) is 6.53. The molecule has 0 radical (unpaired) electrons. The largest absolute Gasteiger partial charge is 0.497 e. The molecule has 2 aromatic rings. The van der Waals surface area contributed by atoms with Gasteiger partial charge in [0.05, 0.1) is 7.11 Å². The monoisotopic (exact) mass is 323 g/mol. The highest BCUT2D eigenvalue weighted by Gasteiger charge is 2.15. The molecule has 1 aromatic carbocycles. The Morgan fingerprint density at radius 1 is 1.37 bits per heavy atom. The molecule has 0 aliphatic rings. The molecule has 0 N–H and O–H groups in total. The van der Waals surface area contributed by atoms with Gasteiger partial charge in [0.2, 0.25) is 0 Å². The number of rotatable bonds is 4. The van der Waals surface area contributed by atoms with E-state index in [1.807, 2.05) is 24.3 Å². The highest BCUT2D eigenvalue weighted by Crippen LogP contribution is 2.18. The quantitative estimate of drug-likeness (QED) is 0.866. The zero-order valence-corrected chi connectivity index (χ0v) is 12.3. The van der Waals surface area contributed by atoms with Crippen LogP contribution in [0, 0.1) is 0 Å². The zero-order chi connectivity index (χ0) is 13.8. The Bertz CT molecular complexity index is 580. The summed E-state index contributed by atoms with van der Waals surface area (Å²) in [4.78, 5) is 13.7. The highest BCUT2D eigenvalue weighted by atomic mass is 79.9. The molecular weight excluding hydrogens is 310 g/mol. The van der Waals surface area contributed by atoms with Crippen LogP contribution in [0.3, 0.4) is 0 Å². The number of hydrogen-bond acceptors (Lipinski definition) is 3. The van der Waals surface area contributed by atoms with Gasteiger partial charge < -0.3 is 14.1 Å². The maximum Gasteiger partial charge on any atom is 0.289 e. The van der Waals surface area contributed by atoms with E-state index in [0.29, 0.717) is 17.0 Å². The number of halogens is 1. The molecule has 1 amide bonds. The summed E-state index contributed by atoms with van der Waals surface area (Å²) in [6, 6.07) is 11.0. The topological polar surface area (TPSA) is 42.7 Å². The average molecular weight is 324 g/mol. The number of hydrogen-bond donors (Lipinski definition) is 0. The van der Waals surface area contributed by atoms with Crippen molar-refractivity contribution in [2.24, 2.45) is 0 Å². The Kier molecular flexibility index (Phi) is 4.27. The van der Waals surface area contributed by atoms with Crippen LogP contribution in [-0.4, -0.2) is 25.0 Å². The molecule has 0 unspecified atom stereocenters. The van der Waals surface area contributed by atoms with Crippen LogP contribution in [0.2, 0.25) is 0 Å². The molecule has 1 aromatic heterocycles. The molecule has 1 heterocycles. The molecule has 4 nitrogen and oxygen atoms in total. The summed E-state index contributed by atoms with van der Waals surface area (Å²) < 4.78 is 11.0. The van der Waals surface area contributed by atoms with E-state index in [1.165, 1.54) is 0 Å². The van der Waals surface area contributed by atoms with Gasteiger partial charge in [-0.05, 0) is 45.8 Å². The third-order valence-electron chi connectivity index (χ3n) is 2.68. The Hall–Kier alpha value is -1.75. The first-order valence-electron chi connectivity index (χ1n) is 5.74. The summed E-state index contributed by atoms with van der Waals surface area (Å²) in [6.07, 6.45) is 0. The van der Waals surface area contributed by atoms with Crippen molar-refractivity contribution in [2.75, 3.05) is 14.2 Å². The number of ether oxygens (including phenoxy) is 1. The van der Waals surface area contributed by atoms with Crippen molar-refractivity contribution in [3.8, 4) is 5.75 Å². The Morgan fingerprint density at radius 3 is 2.79 bits per heavy atom. The second-order valence-electron chi connectivity index (χ2n) is 4.12. The van der Waals surface area contributed by atoms with Crippen LogP contribution in [0.15, 0.2) is 45.5 Å². The van der Waals surface area contributed by atoms with Gasteiger partial charge in [0, 0.05) is 13.6 Å². The van der Waals surface area contributed by atoms with E-state index in [0.717, 1.165) is 11.3 Å². The number of carbonyl (C=O) groups is 1. The van der Waals surface area contributed by atoms with Crippen LogP contribution in [0.5, 0.6) is 5.75 Å². The summed E-state index contributed by atoms with van der Waals surface area (Å²) in [5, 5.41) is 0. The first-order chi connectivity index (χ1) is 9.10. The van der Waals surface area contributed by atoms with Crippen molar-refractivity contribution in [3.05, 3.63) is 52.4 Å². The lowest BCUT2D eigenvalue weighted by Gasteiger charge is -2.16. The third-order valence-corrected chi connectivity index (χ3v) is 3.11. The zero-order valence-electron chi connectivity index (χ0n) is 10.7. The Labute approximate surface area is 120 Å². The fraction of sp³-hybridized carbons (Fsp3) is 0.214. The molecule has 0 saturated heterocycles. The molecule has 0 aliphatic carbocycles. The van der Waals surface area contributed by atoms with Gasteiger partial charge >= 0.3 is 0 Å². The van der Waals surface area contributed by atoms with Gasteiger partial charge in [0.15, 0.2) is 10.4 Å².